The Balaban J connectivity index is 3.08. The van der Waals surface area contributed by atoms with Crippen molar-refractivity contribution < 1.29 is 4.79 Å². The molecular weight excluding hydrogens is 310 g/mol. The molecule has 0 saturated carbocycles. The van der Waals surface area contributed by atoms with Gasteiger partial charge < -0.3 is 0 Å². The fourth-order valence-electron chi connectivity index (χ4n) is 0.792. The molecular formula is C8H5Cl2IO. The summed E-state index contributed by atoms with van der Waals surface area (Å²) in [6.45, 7) is 0. The number of alkyl halides is 1. The molecule has 0 saturated heterocycles. The maximum absolute atomic E-state index is 11.2. The van der Waals surface area contributed by atoms with Gasteiger partial charge >= 0.3 is 0 Å². The largest absolute Gasteiger partial charge is 0.293 e. The number of halogens is 3. The van der Waals surface area contributed by atoms with Crippen LogP contribution >= 0.6 is 45.8 Å². The lowest BCUT2D eigenvalue weighted by Crippen LogP contribution is -1.99. The molecule has 0 spiro atoms. The number of hydrogen-bond acceptors (Lipinski definition) is 1. The zero-order valence-electron chi connectivity index (χ0n) is 5.98. The first kappa shape index (κ1) is 10.3. The summed E-state index contributed by atoms with van der Waals surface area (Å²) in [5.41, 5.74) is 0.571. The lowest BCUT2D eigenvalue weighted by Gasteiger charge is -1.98. The Morgan fingerprint density at radius 3 is 2.17 bits per heavy atom. The fourth-order valence-corrected chi connectivity index (χ4v) is 1.76. The van der Waals surface area contributed by atoms with Gasteiger partial charge in [-0.25, -0.2) is 0 Å². The van der Waals surface area contributed by atoms with E-state index in [4.69, 9.17) is 23.2 Å². The second-order valence-electron chi connectivity index (χ2n) is 2.21. The number of carbonyl (C=O) groups excluding carboxylic acids is 1. The van der Waals surface area contributed by atoms with Gasteiger partial charge in [0.05, 0.1) is 4.43 Å². The van der Waals surface area contributed by atoms with E-state index in [1.807, 2.05) is 22.6 Å². The van der Waals surface area contributed by atoms with Gasteiger partial charge in [-0.3, -0.25) is 4.79 Å². The van der Waals surface area contributed by atoms with Gasteiger partial charge in [-0.2, -0.15) is 0 Å². The fraction of sp³-hybridized carbons (Fsp3) is 0.125. The summed E-state index contributed by atoms with van der Waals surface area (Å²) in [6.07, 6.45) is 0. The van der Waals surface area contributed by atoms with Crippen molar-refractivity contribution in [3.8, 4) is 0 Å². The summed E-state index contributed by atoms with van der Waals surface area (Å²) < 4.78 is 0.439. The number of hydrogen-bond donors (Lipinski definition) is 0. The first-order valence-electron chi connectivity index (χ1n) is 3.18. The highest BCUT2D eigenvalue weighted by Gasteiger charge is 2.05. The maximum atomic E-state index is 11.2. The minimum atomic E-state index is 0.0417. The normalized spacial score (nSPS) is 9.92. The van der Waals surface area contributed by atoms with Crippen molar-refractivity contribution in [1.29, 1.82) is 0 Å². The first-order chi connectivity index (χ1) is 5.63. The predicted octanol–water partition coefficient (Wildman–Crippen LogP) is 3.61. The SMILES string of the molecule is O=C(CI)c1cc(Cl)cc(Cl)c1. The zero-order valence-corrected chi connectivity index (χ0v) is 9.65. The van der Waals surface area contributed by atoms with Gasteiger partial charge in [-0.15, -0.1) is 0 Å². The molecule has 1 nitrogen and oxygen atoms in total. The number of carbonyl (C=O) groups is 1. The van der Waals surface area contributed by atoms with Gasteiger partial charge in [-0.1, -0.05) is 45.8 Å². The molecule has 0 N–H and O–H groups in total. The van der Waals surface area contributed by atoms with Crippen molar-refractivity contribution in [3.63, 3.8) is 0 Å². The molecule has 0 fully saturated rings. The summed E-state index contributed by atoms with van der Waals surface area (Å²) in [7, 11) is 0. The molecule has 0 aliphatic carbocycles. The van der Waals surface area contributed by atoms with Crippen molar-refractivity contribution >= 4 is 51.6 Å². The van der Waals surface area contributed by atoms with Crippen LogP contribution in [0.1, 0.15) is 10.4 Å². The highest BCUT2D eigenvalue weighted by molar-refractivity contribution is 14.1. The molecule has 12 heavy (non-hydrogen) atoms. The maximum Gasteiger partial charge on any atom is 0.172 e. The van der Waals surface area contributed by atoms with E-state index >= 15 is 0 Å². The summed E-state index contributed by atoms with van der Waals surface area (Å²) in [5, 5.41) is 0.992. The molecule has 0 atom stereocenters. The number of ketones is 1. The summed E-state index contributed by atoms with van der Waals surface area (Å²) in [5.74, 6) is 0.0417. The molecule has 4 heteroatoms. The smallest absolute Gasteiger partial charge is 0.172 e. The predicted molar refractivity (Wildman–Crippen MR) is 59.7 cm³/mol. The highest BCUT2D eigenvalue weighted by Crippen LogP contribution is 2.19. The Kier molecular flexibility index (Phi) is 3.80. The summed E-state index contributed by atoms with van der Waals surface area (Å²) in [4.78, 5) is 11.2. The van der Waals surface area contributed by atoms with E-state index in [1.54, 1.807) is 18.2 Å². The second kappa shape index (κ2) is 4.44. The molecule has 64 valence electrons. The topological polar surface area (TPSA) is 17.1 Å². The number of benzene rings is 1. The van der Waals surface area contributed by atoms with Crippen LogP contribution in [0.3, 0.4) is 0 Å². The minimum absolute atomic E-state index is 0.0417. The van der Waals surface area contributed by atoms with Crippen LogP contribution in [0.2, 0.25) is 10.0 Å². The Morgan fingerprint density at radius 2 is 1.75 bits per heavy atom. The van der Waals surface area contributed by atoms with E-state index < -0.39 is 0 Å². The van der Waals surface area contributed by atoms with Crippen LogP contribution in [-0.4, -0.2) is 10.2 Å². The van der Waals surface area contributed by atoms with Gasteiger partial charge in [0.25, 0.3) is 0 Å². The van der Waals surface area contributed by atoms with Gasteiger partial charge in [0.2, 0.25) is 0 Å². The van der Waals surface area contributed by atoms with Gasteiger partial charge in [-0.05, 0) is 18.2 Å². The quantitative estimate of drug-likeness (QED) is 0.463. The lowest BCUT2D eigenvalue weighted by molar-refractivity contribution is 0.102. The molecule has 0 unspecified atom stereocenters. The molecule has 0 amide bonds. The molecule has 1 aromatic carbocycles. The molecule has 0 bridgehead atoms. The Labute approximate surface area is 94.2 Å². The van der Waals surface area contributed by atoms with Crippen molar-refractivity contribution in [2.24, 2.45) is 0 Å². The van der Waals surface area contributed by atoms with E-state index in [0.717, 1.165) is 0 Å². The van der Waals surface area contributed by atoms with Crippen molar-refractivity contribution in [1.82, 2.24) is 0 Å². The minimum Gasteiger partial charge on any atom is -0.293 e. The van der Waals surface area contributed by atoms with Crippen LogP contribution in [0.25, 0.3) is 0 Å². The Morgan fingerprint density at radius 1 is 1.25 bits per heavy atom. The Hall–Kier alpha value is 0.200. The van der Waals surface area contributed by atoms with Crippen LogP contribution in [0.15, 0.2) is 18.2 Å². The summed E-state index contributed by atoms with van der Waals surface area (Å²) >= 11 is 13.4. The molecule has 0 heterocycles. The van der Waals surface area contributed by atoms with E-state index in [1.165, 1.54) is 0 Å². The average Bonchev–Trinajstić information content (AvgIpc) is 2.01. The standard InChI is InChI=1S/C8H5Cl2IO/c9-6-1-5(8(12)4-11)2-7(10)3-6/h1-3H,4H2. The van der Waals surface area contributed by atoms with Crippen molar-refractivity contribution in [2.45, 2.75) is 0 Å². The van der Waals surface area contributed by atoms with Gasteiger partial charge in [0, 0.05) is 15.6 Å². The van der Waals surface area contributed by atoms with Crippen molar-refractivity contribution in [2.75, 3.05) is 4.43 Å². The van der Waals surface area contributed by atoms with Crippen LogP contribution in [0, 0.1) is 0 Å². The van der Waals surface area contributed by atoms with E-state index in [0.29, 0.717) is 20.0 Å². The molecule has 0 aliphatic rings. The summed E-state index contributed by atoms with van der Waals surface area (Å²) in [6, 6.07) is 4.84. The van der Waals surface area contributed by atoms with Crippen LogP contribution in [0.4, 0.5) is 0 Å². The molecule has 0 radical (unpaired) electrons. The van der Waals surface area contributed by atoms with Gasteiger partial charge in [0.1, 0.15) is 0 Å². The van der Waals surface area contributed by atoms with E-state index in [9.17, 15) is 4.79 Å². The molecule has 0 aromatic heterocycles. The highest BCUT2D eigenvalue weighted by atomic mass is 127. The molecule has 1 aromatic rings. The third-order valence-electron chi connectivity index (χ3n) is 1.31. The Bertz CT molecular complexity index is 292. The third kappa shape index (κ3) is 2.61. The third-order valence-corrected chi connectivity index (χ3v) is 2.44. The van der Waals surface area contributed by atoms with Crippen LogP contribution in [0.5, 0.6) is 0 Å². The first-order valence-corrected chi connectivity index (χ1v) is 5.47. The van der Waals surface area contributed by atoms with E-state index in [-0.39, 0.29) is 5.78 Å². The second-order valence-corrected chi connectivity index (χ2v) is 3.85. The monoisotopic (exact) mass is 314 g/mol. The number of rotatable bonds is 2. The molecule has 1 rings (SSSR count). The lowest BCUT2D eigenvalue weighted by atomic mass is 10.1. The van der Waals surface area contributed by atoms with Gasteiger partial charge in [0.15, 0.2) is 5.78 Å². The number of Topliss-reactive ketones (excluding diaryl/α,β-unsaturated/α-hetero) is 1. The molecule has 0 aliphatic heterocycles. The van der Waals surface area contributed by atoms with Crippen LogP contribution < -0.4 is 0 Å². The van der Waals surface area contributed by atoms with Crippen molar-refractivity contribution in [3.05, 3.63) is 33.8 Å². The zero-order chi connectivity index (χ0) is 9.14. The van der Waals surface area contributed by atoms with Crippen LogP contribution in [-0.2, 0) is 0 Å². The van der Waals surface area contributed by atoms with E-state index in [2.05, 4.69) is 0 Å². The average molecular weight is 315 g/mol.